The standard InChI is InChI=1S/C16H27N3O4/c1-11-12(8-19(2)18-11)5-6-15(20)17-7-13-9-23-10-14(21-3)16(13)22-4/h8,13-14,16H,5-7,9-10H2,1-4H3,(H,17,20)/t13-,14-,16+/m1/s1. The summed E-state index contributed by atoms with van der Waals surface area (Å²) in [5, 5.41) is 7.26. The second kappa shape index (κ2) is 8.42. The number of rotatable bonds is 7. The molecule has 1 saturated heterocycles. The number of ether oxygens (including phenoxy) is 3. The van der Waals surface area contributed by atoms with Gasteiger partial charge in [-0.05, 0) is 18.9 Å². The van der Waals surface area contributed by atoms with Crippen LogP contribution >= 0.6 is 0 Å². The maximum atomic E-state index is 12.1. The highest BCUT2D eigenvalue weighted by molar-refractivity contribution is 5.76. The summed E-state index contributed by atoms with van der Waals surface area (Å²) in [4.78, 5) is 12.1. The number of amides is 1. The molecule has 1 aliphatic rings. The van der Waals surface area contributed by atoms with Gasteiger partial charge in [0.1, 0.15) is 6.10 Å². The minimum absolute atomic E-state index is 0.0302. The Hall–Kier alpha value is -1.44. The van der Waals surface area contributed by atoms with Gasteiger partial charge in [-0.1, -0.05) is 0 Å². The average Bonchev–Trinajstić information content (AvgIpc) is 2.87. The minimum Gasteiger partial charge on any atom is -0.378 e. The van der Waals surface area contributed by atoms with Gasteiger partial charge in [0.15, 0.2) is 0 Å². The molecule has 0 bridgehead atoms. The van der Waals surface area contributed by atoms with Gasteiger partial charge >= 0.3 is 0 Å². The average molecular weight is 325 g/mol. The molecule has 1 N–H and O–H groups in total. The van der Waals surface area contributed by atoms with Crippen LogP contribution in [0.5, 0.6) is 0 Å². The van der Waals surface area contributed by atoms with Crippen LogP contribution in [0.4, 0.5) is 0 Å². The lowest BCUT2D eigenvalue weighted by Crippen LogP contribution is -2.50. The zero-order valence-electron chi connectivity index (χ0n) is 14.4. The van der Waals surface area contributed by atoms with Crippen LogP contribution < -0.4 is 5.32 Å². The van der Waals surface area contributed by atoms with Crippen molar-refractivity contribution in [2.24, 2.45) is 13.0 Å². The molecule has 7 nitrogen and oxygen atoms in total. The first kappa shape index (κ1) is 17.9. The molecule has 1 aliphatic heterocycles. The largest absolute Gasteiger partial charge is 0.378 e. The Labute approximate surface area is 137 Å². The molecule has 7 heteroatoms. The molecule has 1 fully saturated rings. The second-order valence-corrected chi connectivity index (χ2v) is 5.99. The number of hydrogen-bond acceptors (Lipinski definition) is 5. The van der Waals surface area contributed by atoms with Gasteiger partial charge in [0.25, 0.3) is 0 Å². The smallest absolute Gasteiger partial charge is 0.220 e. The minimum atomic E-state index is -0.0892. The van der Waals surface area contributed by atoms with Gasteiger partial charge in [0, 0.05) is 46.3 Å². The summed E-state index contributed by atoms with van der Waals surface area (Å²) in [6, 6.07) is 0. The van der Waals surface area contributed by atoms with E-state index in [0.717, 1.165) is 11.3 Å². The lowest BCUT2D eigenvalue weighted by molar-refractivity contribution is -0.147. The van der Waals surface area contributed by atoms with Crippen molar-refractivity contribution in [3.63, 3.8) is 0 Å². The zero-order chi connectivity index (χ0) is 16.8. The van der Waals surface area contributed by atoms with Crippen LogP contribution in [0.25, 0.3) is 0 Å². The summed E-state index contributed by atoms with van der Waals surface area (Å²) in [5.74, 6) is 0.130. The van der Waals surface area contributed by atoms with Crippen LogP contribution in [0.1, 0.15) is 17.7 Å². The lowest BCUT2D eigenvalue weighted by atomic mass is 9.96. The summed E-state index contributed by atoms with van der Waals surface area (Å²) < 4.78 is 18.2. The summed E-state index contributed by atoms with van der Waals surface area (Å²) in [7, 11) is 5.20. The molecule has 1 aromatic rings. The number of nitrogens with one attached hydrogen (secondary N) is 1. The number of carbonyl (C=O) groups is 1. The van der Waals surface area contributed by atoms with Gasteiger partial charge in [-0.2, -0.15) is 5.10 Å². The molecule has 0 unspecified atom stereocenters. The van der Waals surface area contributed by atoms with Crippen molar-refractivity contribution in [2.75, 3.05) is 34.0 Å². The molecule has 0 radical (unpaired) electrons. The highest BCUT2D eigenvalue weighted by atomic mass is 16.6. The quantitative estimate of drug-likeness (QED) is 0.788. The first-order chi connectivity index (χ1) is 11.0. The normalized spacial score (nSPS) is 24.6. The van der Waals surface area contributed by atoms with Crippen molar-refractivity contribution in [1.29, 1.82) is 0 Å². The molecular weight excluding hydrogens is 298 g/mol. The van der Waals surface area contributed by atoms with E-state index in [1.165, 1.54) is 0 Å². The van der Waals surface area contributed by atoms with E-state index in [4.69, 9.17) is 14.2 Å². The number of nitrogens with zero attached hydrogens (tertiary/aromatic N) is 2. The number of hydrogen-bond donors (Lipinski definition) is 1. The molecule has 3 atom stereocenters. The van der Waals surface area contributed by atoms with E-state index in [1.807, 2.05) is 20.2 Å². The third-order valence-corrected chi connectivity index (χ3v) is 4.32. The van der Waals surface area contributed by atoms with Gasteiger partial charge in [-0.3, -0.25) is 9.48 Å². The van der Waals surface area contributed by atoms with E-state index >= 15 is 0 Å². The summed E-state index contributed by atoms with van der Waals surface area (Å²) >= 11 is 0. The Bertz CT molecular complexity index is 517. The van der Waals surface area contributed by atoms with Crippen molar-refractivity contribution >= 4 is 5.91 Å². The van der Waals surface area contributed by atoms with Gasteiger partial charge in [-0.15, -0.1) is 0 Å². The van der Waals surface area contributed by atoms with Gasteiger partial charge < -0.3 is 19.5 Å². The van der Waals surface area contributed by atoms with Crippen LogP contribution in [0, 0.1) is 12.8 Å². The lowest BCUT2D eigenvalue weighted by Gasteiger charge is -2.36. The van der Waals surface area contributed by atoms with Crippen molar-refractivity contribution in [1.82, 2.24) is 15.1 Å². The van der Waals surface area contributed by atoms with E-state index in [2.05, 4.69) is 10.4 Å². The van der Waals surface area contributed by atoms with E-state index < -0.39 is 0 Å². The highest BCUT2D eigenvalue weighted by Crippen LogP contribution is 2.19. The number of methoxy groups -OCH3 is 2. The molecule has 2 rings (SSSR count). The number of aromatic nitrogens is 2. The number of carbonyl (C=O) groups excluding carboxylic acids is 1. The Balaban J connectivity index is 1.78. The molecule has 0 spiro atoms. The summed E-state index contributed by atoms with van der Waals surface area (Å²) in [6.45, 7) is 3.59. The maximum absolute atomic E-state index is 12.1. The predicted molar refractivity (Wildman–Crippen MR) is 85.2 cm³/mol. The molecular formula is C16H27N3O4. The number of aryl methyl sites for hydroxylation is 3. The second-order valence-electron chi connectivity index (χ2n) is 5.99. The van der Waals surface area contributed by atoms with E-state index in [0.29, 0.717) is 32.6 Å². The van der Waals surface area contributed by atoms with Crippen LogP contribution in [0.3, 0.4) is 0 Å². The van der Waals surface area contributed by atoms with Crippen LogP contribution in [0.2, 0.25) is 0 Å². The van der Waals surface area contributed by atoms with Crippen LogP contribution in [-0.2, 0) is 32.5 Å². The summed E-state index contributed by atoms with van der Waals surface area (Å²) in [5.41, 5.74) is 2.08. The topological polar surface area (TPSA) is 74.6 Å². The van der Waals surface area contributed by atoms with E-state index in [-0.39, 0.29) is 24.0 Å². The zero-order valence-corrected chi connectivity index (χ0v) is 14.4. The third kappa shape index (κ3) is 4.76. The highest BCUT2D eigenvalue weighted by Gasteiger charge is 2.34. The molecule has 130 valence electrons. The molecule has 1 amide bonds. The first-order valence-electron chi connectivity index (χ1n) is 7.94. The molecule has 1 aromatic heterocycles. The summed E-state index contributed by atoms with van der Waals surface area (Å²) in [6.07, 6.45) is 2.96. The monoisotopic (exact) mass is 325 g/mol. The molecule has 0 saturated carbocycles. The van der Waals surface area contributed by atoms with E-state index in [9.17, 15) is 4.79 Å². The Morgan fingerprint density at radius 2 is 2.22 bits per heavy atom. The fourth-order valence-electron chi connectivity index (χ4n) is 3.03. The first-order valence-corrected chi connectivity index (χ1v) is 7.94. The third-order valence-electron chi connectivity index (χ3n) is 4.32. The van der Waals surface area contributed by atoms with Crippen LogP contribution in [-0.4, -0.2) is 61.9 Å². The van der Waals surface area contributed by atoms with Gasteiger partial charge in [0.2, 0.25) is 5.91 Å². The van der Waals surface area contributed by atoms with Crippen LogP contribution in [0.15, 0.2) is 6.20 Å². The van der Waals surface area contributed by atoms with Crippen molar-refractivity contribution in [3.8, 4) is 0 Å². The Morgan fingerprint density at radius 3 is 2.83 bits per heavy atom. The molecule has 2 heterocycles. The van der Waals surface area contributed by atoms with Crippen molar-refractivity contribution < 1.29 is 19.0 Å². The molecule has 0 aliphatic carbocycles. The predicted octanol–water partition coefficient (Wildman–Crippen LogP) is 0.454. The van der Waals surface area contributed by atoms with Crippen molar-refractivity contribution in [3.05, 3.63) is 17.5 Å². The fraction of sp³-hybridized carbons (Fsp3) is 0.750. The Morgan fingerprint density at radius 1 is 1.43 bits per heavy atom. The molecule has 23 heavy (non-hydrogen) atoms. The van der Waals surface area contributed by atoms with Crippen molar-refractivity contribution in [2.45, 2.75) is 32.0 Å². The fourth-order valence-corrected chi connectivity index (χ4v) is 3.03. The van der Waals surface area contributed by atoms with Gasteiger partial charge in [0.05, 0.1) is 25.0 Å². The Kier molecular flexibility index (Phi) is 6.56. The molecule has 0 aromatic carbocycles. The maximum Gasteiger partial charge on any atom is 0.220 e. The SMILES string of the molecule is CO[C@H]1[C@H](CNC(=O)CCc2cn(C)nc2C)COC[C@H]1OC. The van der Waals surface area contributed by atoms with E-state index in [1.54, 1.807) is 18.9 Å². The van der Waals surface area contributed by atoms with Gasteiger partial charge in [-0.25, -0.2) is 0 Å².